The second-order valence-electron chi connectivity index (χ2n) is 4.45. The summed E-state index contributed by atoms with van der Waals surface area (Å²) in [6.07, 6.45) is 1.47. The van der Waals surface area contributed by atoms with Gasteiger partial charge < -0.3 is 14.8 Å². The predicted molar refractivity (Wildman–Crippen MR) is 77.5 cm³/mol. The maximum absolute atomic E-state index is 6.10. The Labute approximate surface area is 122 Å². The highest BCUT2D eigenvalue weighted by molar-refractivity contribution is 6.30. The third-order valence-electron chi connectivity index (χ3n) is 2.53. The lowest BCUT2D eigenvalue weighted by Gasteiger charge is -2.18. The summed E-state index contributed by atoms with van der Waals surface area (Å²) in [6.45, 7) is 4.41. The van der Waals surface area contributed by atoms with Crippen LogP contribution in [0.3, 0.4) is 0 Å². The van der Waals surface area contributed by atoms with Gasteiger partial charge in [0, 0.05) is 23.2 Å². The van der Waals surface area contributed by atoms with Gasteiger partial charge in [0.05, 0.1) is 13.2 Å². The number of methoxy groups -OCH3 is 1. The number of rotatable bonds is 6. The topological polar surface area (TPSA) is 72.1 Å². The van der Waals surface area contributed by atoms with Crippen molar-refractivity contribution in [2.24, 2.45) is 0 Å². The summed E-state index contributed by atoms with van der Waals surface area (Å²) in [5, 5.41) is 10.2. The van der Waals surface area contributed by atoms with Crippen LogP contribution in [-0.2, 0) is 6.54 Å². The molecule has 20 heavy (non-hydrogen) atoms. The van der Waals surface area contributed by atoms with Crippen LogP contribution < -0.4 is 14.8 Å². The standard InChI is InChI=1S/C13H17ClN4O2/c1-8(2)20-12-9(4-10(14)5-11(12)19-3)6-15-13-16-7-17-18-13/h4-5,7-8H,6H2,1-3H3,(H2,15,16,17,18). The van der Waals surface area contributed by atoms with E-state index in [9.17, 15) is 0 Å². The van der Waals surface area contributed by atoms with Gasteiger partial charge in [-0.2, -0.15) is 5.10 Å². The Balaban J connectivity index is 2.26. The van der Waals surface area contributed by atoms with E-state index in [4.69, 9.17) is 21.1 Å². The lowest BCUT2D eigenvalue weighted by atomic mass is 10.1. The van der Waals surface area contributed by atoms with Gasteiger partial charge in [-0.3, -0.25) is 0 Å². The van der Waals surface area contributed by atoms with Crippen LogP contribution in [0.2, 0.25) is 5.02 Å². The summed E-state index contributed by atoms with van der Waals surface area (Å²) in [6, 6.07) is 3.57. The molecule has 1 aromatic carbocycles. The SMILES string of the molecule is COc1cc(Cl)cc(CNc2ncn[nH]2)c1OC(C)C. The van der Waals surface area contributed by atoms with Crippen LogP contribution in [0.1, 0.15) is 19.4 Å². The largest absolute Gasteiger partial charge is 0.493 e. The number of aromatic nitrogens is 3. The monoisotopic (exact) mass is 296 g/mol. The average Bonchev–Trinajstić information content (AvgIpc) is 2.91. The molecule has 1 aromatic heterocycles. The molecule has 0 saturated carbocycles. The molecular formula is C13H17ClN4O2. The minimum Gasteiger partial charge on any atom is -0.493 e. The molecule has 0 amide bonds. The Morgan fingerprint density at radius 1 is 1.40 bits per heavy atom. The Kier molecular flexibility index (Phi) is 4.68. The fraction of sp³-hybridized carbons (Fsp3) is 0.385. The zero-order valence-electron chi connectivity index (χ0n) is 11.6. The van der Waals surface area contributed by atoms with E-state index in [1.165, 1.54) is 6.33 Å². The number of halogens is 1. The van der Waals surface area contributed by atoms with E-state index in [1.54, 1.807) is 13.2 Å². The highest BCUT2D eigenvalue weighted by Gasteiger charge is 2.14. The van der Waals surface area contributed by atoms with Crippen LogP contribution >= 0.6 is 11.6 Å². The zero-order chi connectivity index (χ0) is 14.5. The summed E-state index contributed by atoms with van der Waals surface area (Å²) in [5.74, 6) is 1.87. The second-order valence-corrected chi connectivity index (χ2v) is 4.89. The number of benzene rings is 1. The molecule has 1 heterocycles. The number of hydrogen-bond acceptors (Lipinski definition) is 5. The smallest absolute Gasteiger partial charge is 0.218 e. The van der Waals surface area contributed by atoms with Crippen LogP contribution in [0.5, 0.6) is 11.5 Å². The van der Waals surface area contributed by atoms with Crippen molar-refractivity contribution in [3.8, 4) is 11.5 Å². The zero-order valence-corrected chi connectivity index (χ0v) is 12.4. The van der Waals surface area contributed by atoms with Crippen molar-refractivity contribution in [2.45, 2.75) is 26.5 Å². The number of nitrogens with zero attached hydrogens (tertiary/aromatic N) is 2. The van der Waals surface area contributed by atoms with Crippen LogP contribution in [0.4, 0.5) is 5.95 Å². The summed E-state index contributed by atoms with van der Waals surface area (Å²) in [5.41, 5.74) is 0.888. The number of ether oxygens (including phenoxy) is 2. The molecule has 0 atom stereocenters. The fourth-order valence-electron chi connectivity index (χ4n) is 1.74. The molecule has 6 nitrogen and oxygen atoms in total. The molecule has 0 aliphatic carbocycles. The molecule has 0 unspecified atom stereocenters. The second kappa shape index (κ2) is 6.47. The van der Waals surface area contributed by atoms with E-state index < -0.39 is 0 Å². The highest BCUT2D eigenvalue weighted by Crippen LogP contribution is 2.35. The summed E-state index contributed by atoms with van der Waals surface area (Å²) < 4.78 is 11.2. The molecule has 0 radical (unpaired) electrons. The molecule has 7 heteroatoms. The van der Waals surface area contributed by atoms with Crippen LogP contribution in [0.25, 0.3) is 0 Å². The van der Waals surface area contributed by atoms with Crippen molar-refractivity contribution in [1.82, 2.24) is 15.2 Å². The van der Waals surface area contributed by atoms with Crippen LogP contribution in [0.15, 0.2) is 18.5 Å². The van der Waals surface area contributed by atoms with Crippen LogP contribution in [-0.4, -0.2) is 28.4 Å². The minimum absolute atomic E-state index is 0.0362. The Hall–Kier alpha value is -1.95. The minimum atomic E-state index is 0.0362. The highest BCUT2D eigenvalue weighted by atomic mass is 35.5. The number of nitrogens with one attached hydrogen (secondary N) is 2. The van der Waals surface area contributed by atoms with E-state index in [2.05, 4.69) is 20.5 Å². The first-order valence-electron chi connectivity index (χ1n) is 6.22. The third-order valence-corrected chi connectivity index (χ3v) is 2.75. The summed E-state index contributed by atoms with van der Waals surface area (Å²) >= 11 is 6.10. The molecule has 2 N–H and O–H groups in total. The first-order valence-corrected chi connectivity index (χ1v) is 6.60. The van der Waals surface area contributed by atoms with E-state index in [-0.39, 0.29) is 6.10 Å². The van der Waals surface area contributed by atoms with Gasteiger partial charge in [-0.05, 0) is 19.9 Å². The number of H-pyrrole nitrogens is 1. The Morgan fingerprint density at radius 3 is 2.80 bits per heavy atom. The van der Waals surface area contributed by atoms with Gasteiger partial charge in [-0.15, -0.1) is 0 Å². The van der Waals surface area contributed by atoms with E-state index in [0.29, 0.717) is 29.0 Å². The fourth-order valence-corrected chi connectivity index (χ4v) is 1.98. The molecule has 0 saturated heterocycles. The van der Waals surface area contributed by atoms with Gasteiger partial charge in [0.25, 0.3) is 0 Å². The van der Waals surface area contributed by atoms with Gasteiger partial charge in [-0.1, -0.05) is 11.6 Å². The maximum atomic E-state index is 6.10. The van der Waals surface area contributed by atoms with Gasteiger partial charge in [-0.25, -0.2) is 10.1 Å². The molecule has 0 aliphatic heterocycles. The summed E-state index contributed by atoms with van der Waals surface area (Å²) in [7, 11) is 1.59. The quantitative estimate of drug-likeness (QED) is 0.857. The molecule has 108 valence electrons. The van der Waals surface area contributed by atoms with Crippen molar-refractivity contribution in [3.63, 3.8) is 0 Å². The van der Waals surface area contributed by atoms with Gasteiger partial charge in [0.15, 0.2) is 11.5 Å². The molecule has 0 spiro atoms. The number of hydrogen-bond donors (Lipinski definition) is 2. The Bertz CT molecular complexity index is 558. The Morgan fingerprint density at radius 2 is 2.20 bits per heavy atom. The van der Waals surface area contributed by atoms with Gasteiger partial charge in [0.1, 0.15) is 6.33 Å². The number of aromatic amines is 1. The molecule has 0 aliphatic rings. The third kappa shape index (κ3) is 3.54. The molecule has 2 aromatic rings. The van der Waals surface area contributed by atoms with Crippen molar-refractivity contribution < 1.29 is 9.47 Å². The van der Waals surface area contributed by atoms with Crippen molar-refractivity contribution in [1.29, 1.82) is 0 Å². The van der Waals surface area contributed by atoms with Crippen molar-refractivity contribution in [2.75, 3.05) is 12.4 Å². The van der Waals surface area contributed by atoms with E-state index >= 15 is 0 Å². The molecule has 0 fully saturated rings. The number of anilines is 1. The lowest BCUT2D eigenvalue weighted by molar-refractivity contribution is 0.228. The van der Waals surface area contributed by atoms with E-state index in [0.717, 1.165) is 5.56 Å². The van der Waals surface area contributed by atoms with Crippen molar-refractivity contribution >= 4 is 17.5 Å². The van der Waals surface area contributed by atoms with Gasteiger partial charge in [0.2, 0.25) is 5.95 Å². The maximum Gasteiger partial charge on any atom is 0.218 e. The molecular weight excluding hydrogens is 280 g/mol. The first-order chi connectivity index (χ1) is 9.60. The first kappa shape index (κ1) is 14.5. The van der Waals surface area contributed by atoms with Gasteiger partial charge >= 0.3 is 0 Å². The lowest BCUT2D eigenvalue weighted by Crippen LogP contribution is -2.11. The van der Waals surface area contributed by atoms with Crippen LogP contribution in [0, 0.1) is 0 Å². The van der Waals surface area contributed by atoms with E-state index in [1.807, 2.05) is 19.9 Å². The molecule has 2 rings (SSSR count). The average molecular weight is 297 g/mol. The summed E-state index contributed by atoms with van der Waals surface area (Å²) in [4.78, 5) is 4.00. The van der Waals surface area contributed by atoms with Crippen molar-refractivity contribution in [3.05, 3.63) is 29.0 Å². The predicted octanol–water partition coefficient (Wildman–Crippen LogP) is 2.87. The molecule has 0 bridgehead atoms. The normalized spacial score (nSPS) is 10.7.